The van der Waals surface area contributed by atoms with E-state index in [9.17, 15) is 4.79 Å². The van der Waals surface area contributed by atoms with Crippen molar-refractivity contribution in [3.63, 3.8) is 0 Å². The van der Waals surface area contributed by atoms with Gasteiger partial charge in [0.15, 0.2) is 11.5 Å². The second-order valence-corrected chi connectivity index (χ2v) is 5.34. The van der Waals surface area contributed by atoms with Crippen LogP contribution >= 0.6 is 23.2 Å². The lowest BCUT2D eigenvalue weighted by atomic mass is 10.1. The summed E-state index contributed by atoms with van der Waals surface area (Å²) in [5.41, 5.74) is 1.25. The molecule has 0 N–H and O–H groups in total. The number of carbonyl (C=O) groups is 1. The van der Waals surface area contributed by atoms with Crippen molar-refractivity contribution >= 4 is 29.2 Å². The lowest BCUT2D eigenvalue weighted by Gasteiger charge is -2.11. The van der Waals surface area contributed by atoms with Crippen LogP contribution in [0.2, 0.25) is 10.0 Å². The van der Waals surface area contributed by atoms with E-state index in [-0.39, 0.29) is 10.6 Å². The van der Waals surface area contributed by atoms with Gasteiger partial charge in [-0.3, -0.25) is 0 Å². The Balaban J connectivity index is 2.25. The maximum absolute atomic E-state index is 12.2. The van der Waals surface area contributed by atoms with Crippen LogP contribution in [0.5, 0.6) is 11.5 Å². The smallest absolute Gasteiger partial charge is 0.345 e. The Kier molecular flexibility index (Phi) is 5.47. The van der Waals surface area contributed by atoms with Gasteiger partial charge in [-0.05, 0) is 42.3 Å². The van der Waals surface area contributed by atoms with Gasteiger partial charge in [0.1, 0.15) is 0 Å². The Labute approximate surface area is 139 Å². The summed E-state index contributed by atoms with van der Waals surface area (Å²) in [4.78, 5) is 12.2. The van der Waals surface area contributed by atoms with Gasteiger partial charge in [0, 0.05) is 5.02 Å². The Hall–Kier alpha value is -1.97. The van der Waals surface area contributed by atoms with Crippen LogP contribution in [-0.4, -0.2) is 13.1 Å². The highest BCUT2D eigenvalue weighted by Crippen LogP contribution is 2.30. The average Bonchev–Trinajstić information content (AvgIpc) is 2.48. The molecule has 0 atom stereocenters. The standard InChI is InChI=1S/C17H14Cl2O3/c1-3-4-11-5-8-15(16(9-11)21-2)22-17(20)13-7-6-12(18)10-14(13)19/h3,5-10H,1,4H2,2H3. The zero-order chi connectivity index (χ0) is 16.1. The molecule has 0 radical (unpaired) electrons. The molecule has 114 valence electrons. The molecule has 0 aliphatic heterocycles. The van der Waals surface area contributed by atoms with Gasteiger partial charge in [-0.1, -0.05) is 35.3 Å². The zero-order valence-corrected chi connectivity index (χ0v) is 13.4. The average molecular weight is 337 g/mol. The molecule has 2 aromatic carbocycles. The van der Waals surface area contributed by atoms with Crippen molar-refractivity contribution in [2.45, 2.75) is 6.42 Å². The summed E-state index contributed by atoms with van der Waals surface area (Å²) in [6.07, 6.45) is 2.49. The van der Waals surface area contributed by atoms with Crippen LogP contribution in [0.25, 0.3) is 0 Å². The Morgan fingerprint density at radius 2 is 1.95 bits per heavy atom. The molecular weight excluding hydrogens is 323 g/mol. The lowest BCUT2D eigenvalue weighted by Crippen LogP contribution is -2.10. The second kappa shape index (κ2) is 7.34. The Morgan fingerprint density at radius 1 is 1.18 bits per heavy atom. The van der Waals surface area contributed by atoms with Crippen LogP contribution in [0.15, 0.2) is 49.1 Å². The minimum absolute atomic E-state index is 0.236. The number of rotatable bonds is 5. The Bertz CT molecular complexity index is 711. The number of halogens is 2. The fourth-order valence-electron chi connectivity index (χ4n) is 1.90. The molecule has 2 aromatic rings. The summed E-state index contributed by atoms with van der Waals surface area (Å²) >= 11 is 11.8. The van der Waals surface area contributed by atoms with Crippen molar-refractivity contribution < 1.29 is 14.3 Å². The molecule has 0 saturated heterocycles. The van der Waals surface area contributed by atoms with E-state index in [1.807, 2.05) is 6.07 Å². The molecule has 5 heteroatoms. The van der Waals surface area contributed by atoms with Crippen LogP contribution in [0.1, 0.15) is 15.9 Å². The molecule has 22 heavy (non-hydrogen) atoms. The minimum Gasteiger partial charge on any atom is -0.493 e. The van der Waals surface area contributed by atoms with Crippen molar-refractivity contribution in [3.8, 4) is 11.5 Å². The SMILES string of the molecule is C=CCc1ccc(OC(=O)c2ccc(Cl)cc2Cl)c(OC)c1. The van der Waals surface area contributed by atoms with Gasteiger partial charge in [0.2, 0.25) is 0 Å². The van der Waals surface area contributed by atoms with Crippen molar-refractivity contribution in [2.24, 2.45) is 0 Å². The van der Waals surface area contributed by atoms with Gasteiger partial charge < -0.3 is 9.47 Å². The fraction of sp³-hybridized carbons (Fsp3) is 0.118. The molecule has 0 amide bonds. The van der Waals surface area contributed by atoms with E-state index in [2.05, 4.69) is 6.58 Å². The van der Waals surface area contributed by atoms with Crippen molar-refractivity contribution in [1.29, 1.82) is 0 Å². The molecular formula is C17H14Cl2O3. The first kappa shape index (κ1) is 16.4. The van der Waals surface area contributed by atoms with Crippen LogP contribution in [0.4, 0.5) is 0 Å². The van der Waals surface area contributed by atoms with Crippen LogP contribution in [0, 0.1) is 0 Å². The molecule has 3 nitrogen and oxygen atoms in total. The number of methoxy groups -OCH3 is 1. The quantitative estimate of drug-likeness (QED) is 0.440. The highest BCUT2D eigenvalue weighted by Gasteiger charge is 2.16. The molecule has 0 bridgehead atoms. The second-order valence-electron chi connectivity index (χ2n) is 4.49. The molecule has 0 spiro atoms. The van der Waals surface area contributed by atoms with Gasteiger partial charge in [-0.2, -0.15) is 0 Å². The third-order valence-electron chi connectivity index (χ3n) is 2.96. The van der Waals surface area contributed by atoms with Crippen molar-refractivity contribution in [3.05, 3.63) is 70.2 Å². The maximum Gasteiger partial charge on any atom is 0.345 e. The number of benzene rings is 2. The third kappa shape index (κ3) is 3.81. The van der Waals surface area contributed by atoms with E-state index in [0.29, 0.717) is 22.9 Å². The molecule has 0 aliphatic rings. The molecule has 0 unspecified atom stereocenters. The van der Waals surface area contributed by atoms with Gasteiger partial charge in [0.25, 0.3) is 0 Å². The van der Waals surface area contributed by atoms with Crippen molar-refractivity contribution in [1.82, 2.24) is 0 Å². The van der Waals surface area contributed by atoms with Gasteiger partial charge in [-0.25, -0.2) is 4.79 Å². The van der Waals surface area contributed by atoms with E-state index in [1.165, 1.54) is 19.2 Å². The predicted molar refractivity (Wildman–Crippen MR) is 88.3 cm³/mol. The van der Waals surface area contributed by atoms with Gasteiger partial charge in [0.05, 0.1) is 17.7 Å². The highest BCUT2D eigenvalue weighted by atomic mass is 35.5. The molecule has 2 rings (SSSR count). The van der Waals surface area contributed by atoms with E-state index >= 15 is 0 Å². The molecule has 0 aromatic heterocycles. The summed E-state index contributed by atoms with van der Waals surface area (Å²) in [5, 5.41) is 0.688. The largest absolute Gasteiger partial charge is 0.493 e. The van der Waals surface area contributed by atoms with Crippen LogP contribution in [-0.2, 0) is 6.42 Å². The Morgan fingerprint density at radius 3 is 2.59 bits per heavy atom. The topological polar surface area (TPSA) is 35.5 Å². The molecule has 0 heterocycles. The number of esters is 1. The van der Waals surface area contributed by atoms with Gasteiger partial charge in [-0.15, -0.1) is 6.58 Å². The summed E-state index contributed by atoms with van der Waals surface area (Å²) in [7, 11) is 1.51. The zero-order valence-electron chi connectivity index (χ0n) is 11.9. The summed E-state index contributed by atoms with van der Waals surface area (Å²) in [6.45, 7) is 3.69. The summed E-state index contributed by atoms with van der Waals surface area (Å²) in [5.74, 6) is 0.223. The number of allylic oxidation sites excluding steroid dienone is 1. The third-order valence-corrected chi connectivity index (χ3v) is 3.51. The number of carbonyl (C=O) groups excluding carboxylic acids is 1. The molecule has 0 fully saturated rings. The van der Waals surface area contributed by atoms with Crippen LogP contribution < -0.4 is 9.47 Å². The van der Waals surface area contributed by atoms with E-state index in [0.717, 1.165) is 5.56 Å². The monoisotopic (exact) mass is 336 g/mol. The van der Waals surface area contributed by atoms with E-state index < -0.39 is 5.97 Å². The first-order chi connectivity index (χ1) is 10.5. The van der Waals surface area contributed by atoms with Crippen molar-refractivity contribution in [2.75, 3.05) is 7.11 Å². The predicted octanol–water partition coefficient (Wildman–Crippen LogP) is 4.95. The summed E-state index contributed by atoms with van der Waals surface area (Å²) in [6, 6.07) is 9.91. The van der Waals surface area contributed by atoms with E-state index in [1.54, 1.807) is 24.3 Å². The lowest BCUT2D eigenvalue weighted by molar-refractivity contribution is 0.0730. The number of hydrogen-bond acceptors (Lipinski definition) is 3. The first-order valence-corrected chi connectivity index (χ1v) is 7.25. The normalized spacial score (nSPS) is 10.1. The van der Waals surface area contributed by atoms with E-state index in [4.69, 9.17) is 32.7 Å². The number of hydrogen-bond donors (Lipinski definition) is 0. The van der Waals surface area contributed by atoms with Gasteiger partial charge >= 0.3 is 5.97 Å². The number of ether oxygens (including phenoxy) is 2. The fourth-order valence-corrected chi connectivity index (χ4v) is 2.39. The first-order valence-electron chi connectivity index (χ1n) is 6.50. The van der Waals surface area contributed by atoms with Crippen LogP contribution in [0.3, 0.4) is 0 Å². The minimum atomic E-state index is -0.573. The molecule has 0 saturated carbocycles. The molecule has 0 aliphatic carbocycles. The maximum atomic E-state index is 12.2. The highest BCUT2D eigenvalue weighted by molar-refractivity contribution is 6.36. The summed E-state index contributed by atoms with van der Waals surface area (Å²) < 4.78 is 10.6.